The van der Waals surface area contributed by atoms with Gasteiger partial charge in [-0.1, -0.05) is 0 Å². The molecular formula is C21H31N3O2. The molecule has 0 spiro atoms. The van der Waals surface area contributed by atoms with Crippen molar-refractivity contribution in [3.63, 3.8) is 0 Å². The van der Waals surface area contributed by atoms with Gasteiger partial charge >= 0.3 is 0 Å². The first-order valence-corrected chi connectivity index (χ1v) is 9.37. The molecule has 0 aromatic heterocycles. The summed E-state index contributed by atoms with van der Waals surface area (Å²) in [5.41, 5.74) is 3.18. The van der Waals surface area contributed by atoms with Gasteiger partial charge in [-0.15, -0.1) is 0 Å². The van der Waals surface area contributed by atoms with Gasteiger partial charge in [0, 0.05) is 44.3 Å². The fourth-order valence-corrected chi connectivity index (χ4v) is 3.29. The van der Waals surface area contributed by atoms with E-state index in [1.165, 1.54) is 0 Å². The number of hydrogen-bond donors (Lipinski definition) is 0. The van der Waals surface area contributed by atoms with Crippen LogP contribution < -0.4 is 4.74 Å². The molecule has 1 saturated heterocycles. The van der Waals surface area contributed by atoms with Gasteiger partial charge < -0.3 is 9.64 Å². The predicted octanol–water partition coefficient (Wildman–Crippen LogP) is 3.88. The van der Waals surface area contributed by atoms with Crippen LogP contribution in [0.15, 0.2) is 28.2 Å². The van der Waals surface area contributed by atoms with E-state index in [1.807, 2.05) is 37.8 Å². The van der Waals surface area contributed by atoms with Gasteiger partial charge in [0.2, 0.25) is 5.91 Å². The maximum Gasteiger partial charge on any atom is 0.219 e. The average Bonchev–Trinajstić information content (AvgIpc) is 2.61. The molecule has 1 aliphatic heterocycles. The second-order valence-electron chi connectivity index (χ2n) is 7.23. The van der Waals surface area contributed by atoms with Gasteiger partial charge in [0.05, 0.1) is 6.10 Å². The molecule has 0 N–H and O–H groups in total. The molecule has 0 radical (unpaired) electrons. The minimum Gasteiger partial charge on any atom is -0.491 e. The van der Waals surface area contributed by atoms with Gasteiger partial charge in [-0.25, -0.2) is 4.99 Å². The number of aliphatic imine (C=N–C) groups is 2. The molecule has 0 unspecified atom stereocenters. The summed E-state index contributed by atoms with van der Waals surface area (Å²) >= 11 is 0. The Kier molecular flexibility index (Phi) is 6.95. The Bertz CT molecular complexity index is 699. The van der Waals surface area contributed by atoms with Crippen LogP contribution >= 0.6 is 0 Å². The van der Waals surface area contributed by atoms with Crippen LogP contribution in [-0.4, -0.2) is 48.6 Å². The van der Waals surface area contributed by atoms with E-state index in [-0.39, 0.29) is 12.0 Å². The molecule has 5 nitrogen and oxygen atoms in total. The van der Waals surface area contributed by atoms with E-state index in [4.69, 9.17) is 9.73 Å². The summed E-state index contributed by atoms with van der Waals surface area (Å²) in [6.45, 7) is 11.4. The standard InChI is InChI=1S/C21H31N3O2/c1-14(2)26-20-8-7-19(13-15(20)3)21(22-6)23-16(4)18-9-11-24(12-10-18)17(5)25/h7-8,13-14,18H,9-12H2,1-6H3. The van der Waals surface area contributed by atoms with E-state index in [0.717, 1.165) is 54.4 Å². The smallest absolute Gasteiger partial charge is 0.219 e. The van der Waals surface area contributed by atoms with E-state index in [0.29, 0.717) is 5.92 Å². The van der Waals surface area contributed by atoms with Crippen molar-refractivity contribution < 1.29 is 9.53 Å². The Hall–Kier alpha value is -2.17. The first-order valence-electron chi connectivity index (χ1n) is 9.37. The van der Waals surface area contributed by atoms with Crippen LogP contribution in [0.4, 0.5) is 0 Å². The summed E-state index contributed by atoms with van der Waals surface area (Å²) < 4.78 is 5.81. The fourth-order valence-electron chi connectivity index (χ4n) is 3.29. The van der Waals surface area contributed by atoms with Crippen LogP contribution in [0.25, 0.3) is 0 Å². The summed E-state index contributed by atoms with van der Waals surface area (Å²) in [5, 5.41) is 0. The number of carbonyl (C=O) groups is 1. The van der Waals surface area contributed by atoms with Gasteiger partial charge in [-0.2, -0.15) is 0 Å². The predicted molar refractivity (Wildman–Crippen MR) is 107 cm³/mol. The van der Waals surface area contributed by atoms with Crippen molar-refractivity contribution >= 4 is 17.5 Å². The molecule has 0 aliphatic carbocycles. The van der Waals surface area contributed by atoms with Crippen LogP contribution in [0.5, 0.6) is 5.75 Å². The van der Waals surface area contributed by atoms with Crippen molar-refractivity contribution in [3.8, 4) is 5.75 Å². The molecule has 1 fully saturated rings. The Labute approximate surface area is 157 Å². The van der Waals surface area contributed by atoms with Crippen molar-refractivity contribution in [2.24, 2.45) is 15.9 Å². The van der Waals surface area contributed by atoms with Crippen molar-refractivity contribution in [2.75, 3.05) is 20.1 Å². The number of aryl methyl sites for hydroxylation is 1. The molecule has 1 heterocycles. The molecule has 1 aromatic rings. The van der Waals surface area contributed by atoms with Crippen LogP contribution in [0.2, 0.25) is 0 Å². The SMILES string of the molecule is CN=C(N=C(C)C1CCN(C(C)=O)CC1)c1ccc(OC(C)C)c(C)c1. The van der Waals surface area contributed by atoms with Crippen molar-refractivity contribution in [1.82, 2.24) is 4.90 Å². The van der Waals surface area contributed by atoms with E-state index in [2.05, 4.69) is 18.0 Å². The molecule has 1 aromatic carbocycles. The number of ether oxygens (including phenoxy) is 1. The fraction of sp³-hybridized carbons (Fsp3) is 0.571. The lowest BCUT2D eigenvalue weighted by molar-refractivity contribution is -0.129. The lowest BCUT2D eigenvalue weighted by Gasteiger charge is -2.31. The van der Waals surface area contributed by atoms with Crippen LogP contribution in [0.3, 0.4) is 0 Å². The van der Waals surface area contributed by atoms with Crippen molar-refractivity contribution in [2.45, 2.75) is 53.6 Å². The summed E-state index contributed by atoms with van der Waals surface area (Å²) in [5.74, 6) is 2.22. The molecule has 1 amide bonds. The lowest BCUT2D eigenvalue weighted by atomic mass is 9.92. The zero-order valence-electron chi connectivity index (χ0n) is 16.9. The van der Waals surface area contributed by atoms with Gasteiger partial charge in [0.1, 0.15) is 5.75 Å². The second kappa shape index (κ2) is 8.97. The van der Waals surface area contributed by atoms with Crippen LogP contribution in [0.1, 0.15) is 51.7 Å². The quantitative estimate of drug-likeness (QED) is 0.606. The first kappa shape index (κ1) is 20.1. The zero-order valence-corrected chi connectivity index (χ0v) is 16.9. The minimum atomic E-state index is 0.153. The maximum atomic E-state index is 11.5. The van der Waals surface area contributed by atoms with Gasteiger partial charge in [-0.3, -0.25) is 9.79 Å². The Morgan fingerprint density at radius 3 is 2.38 bits per heavy atom. The highest BCUT2D eigenvalue weighted by molar-refractivity contribution is 6.07. The molecule has 1 aliphatic rings. The Morgan fingerprint density at radius 1 is 1.23 bits per heavy atom. The molecule has 0 saturated carbocycles. The number of piperidine rings is 1. The Balaban J connectivity index is 2.12. The molecule has 142 valence electrons. The first-order chi connectivity index (χ1) is 12.3. The number of amidine groups is 1. The molecule has 0 atom stereocenters. The number of likely N-dealkylation sites (tertiary alicyclic amines) is 1. The van der Waals surface area contributed by atoms with E-state index >= 15 is 0 Å². The number of amides is 1. The molecule has 2 rings (SSSR count). The highest BCUT2D eigenvalue weighted by Gasteiger charge is 2.23. The van der Waals surface area contributed by atoms with E-state index in [9.17, 15) is 4.79 Å². The average molecular weight is 357 g/mol. The highest BCUT2D eigenvalue weighted by Crippen LogP contribution is 2.23. The number of nitrogens with zero attached hydrogens (tertiary/aromatic N) is 3. The van der Waals surface area contributed by atoms with Crippen molar-refractivity contribution in [3.05, 3.63) is 29.3 Å². The van der Waals surface area contributed by atoms with Crippen molar-refractivity contribution in [1.29, 1.82) is 0 Å². The molecule has 0 bridgehead atoms. The van der Waals surface area contributed by atoms with E-state index in [1.54, 1.807) is 14.0 Å². The van der Waals surface area contributed by atoms with E-state index < -0.39 is 0 Å². The number of hydrogen-bond acceptors (Lipinski definition) is 3. The van der Waals surface area contributed by atoms with Crippen LogP contribution in [0, 0.1) is 12.8 Å². The third-order valence-corrected chi connectivity index (χ3v) is 4.82. The largest absolute Gasteiger partial charge is 0.491 e. The zero-order chi connectivity index (χ0) is 19.3. The minimum absolute atomic E-state index is 0.153. The highest BCUT2D eigenvalue weighted by atomic mass is 16.5. The second-order valence-corrected chi connectivity index (χ2v) is 7.23. The van der Waals surface area contributed by atoms with Crippen LogP contribution in [-0.2, 0) is 4.79 Å². The normalized spacial score (nSPS) is 17.0. The molecular weight excluding hydrogens is 326 g/mol. The summed E-state index contributed by atoms with van der Waals surface area (Å²) in [4.78, 5) is 22.6. The molecule has 26 heavy (non-hydrogen) atoms. The number of carbonyl (C=O) groups excluding carboxylic acids is 1. The topological polar surface area (TPSA) is 54.3 Å². The third kappa shape index (κ3) is 5.16. The lowest BCUT2D eigenvalue weighted by Crippen LogP contribution is -2.38. The Morgan fingerprint density at radius 2 is 1.88 bits per heavy atom. The summed E-state index contributed by atoms with van der Waals surface area (Å²) in [6, 6.07) is 6.09. The maximum absolute atomic E-state index is 11.5. The van der Waals surface area contributed by atoms with Gasteiger partial charge in [0.25, 0.3) is 0 Å². The van der Waals surface area contributed by atoms with Gasteiger partial charge in [-0.05, 0) is 64.3 Å². The monoisotopic (exact) mass is 357 g/mol. The number of benzene rings is 1. The van der Waals surface area contributed by atoms with Gasteiger partial charge in [0.15, 0.2) is 5.84 Å². The summed E-state index contributed by atoms with van der Waals surface area (Å²) in [6.07, 6.45) is 2.08. The number of rotatable bonds is 4. The molecule has 5 heteroatoms. The third-order valence-electron chi connectivity index (χ3n) is 4.82. The summed E-state index contributed by atoms with van der Waals surface area (Å²) in [7, 11) is 1.78.